The van der Waals surface area contributed by atoms with Crippen molar-refractivity contribution in [1.29, 1.82) is 0 Å². The number of nitrogens with zero attached hydrogens (tertiary/aromatic N) is 1. The standard InChI is InChI=1S/C31H62NO5/c1-6-7-8-9-10-11-12-13-14-15-16-17-18-19-20-23-26-35-27-30(37-29(2)33)28-36-31(34)24-21-22-25-32(3,4)5/h30H,6-28H2,1-5H3/q+1/t30-/m0/s1. The lowest BCUT2D eigenvalue weighted by atomic mass is 10.0. The predicted octanol–water partition coefficient (Wildman–Crippen LogP) is 7.62. The number of esters is 2. The molecule has 220 valence electrons. The summed E-state index contributed by atoms with van der Waals surface area (Å²) in [5.74, 6) is -0.619. The fourth-order valence-electron chi connectivity index (χ4n) is 4.43. The molecule has 37 heavy (non-hydrogen) atoms. The van der Waals surface area contributed by atoms with E-state index in [0.29, 0.717) is 13.0 Å². The first-order valence-corrected chi connectivity index (χ1v) is 15.5. The van der Waals surface area contributed by atoms with Crippen LogP contribution < -0.4 is 0 Å². The maximum Gasteiger partial charge on any atom is 0.305 e. The smallest absolute Gasteiger partial charge is 0.305 e. The Labute approximate surface area is 229 Å². The highest BCUT2D eigenvalue weighted by molar-refractivity contribution is 5.69. The van der Waals surface area contributed by atoms with Crippen molar-refractivity contribution in [2.24, 2.45) is 0 Å². The molecule has 1 atom stereocenters. The van der Waals surface area contributed by atoms with Gasteiger partial charge in [0.15, 0.2) is 6.10 Å². The first kappa shape index (κ1) is 35.9. The summed E-state index contributed by atoms with van der Waals surface area (Å²) in [5, 5.41) is 0. The lowest BCUT2D eigenvalue weighted by Crippen LogP contribution is -2.35. The van der Waals surface area contributed by atoms with E-state index in [1.165, 1.54) is 103 Å². The normalized spacial score (nSPS) is 12.5. The van der Waals surface area contributed by atoms with Crippen molar-refractivity contribution >= 4 is 11.9 Å². The van der Waals surface area contributed by atoms with Crippen LogP contribution in [0.15, 0.2) is 0 Å². The molecular formula is C31H62NO5+. The lowest BCUT2D eigenvalue weighted by Gasteiger charge is -2.23. The minimum atomic E-state index is -0.534. The molecule has 6 nitrogen and oxygen atoms in total. The van der Waals surface area contributed by atoms with Crippen molar-refractivity contribution < 1.29 is 28.3 Å². The van der Waals surface area contributed by atoms with E-state index >= 15 is 0 Å². The topological polar surface area (TPSA) is 61.8 Å². The van der Waals surface area contributed by atoms with Gasteiger partial charge in [-0.2, -0.15) is 0 Å². The van der Waals surface area contributed by atoms with Crippen LogP contribution in [0.1, 0.15) is 136 Å². The molecule has 0 bridgehead atoms. The van der Waals surface area contributed by atoms with E-state index < -0.39 is 6.10 Å². The molecule has 0 aromatic heterocycles. The number of hydrogen-bond acceptors (Lipinski definition) is 5. The van der Waals surface area contributed by atoms with Crippen molar-refractivity contribution in [3.63, 3.8) is 0 Å². The Kier molecular flexibility index (Phi) is 24.4. The minimum Gasteiger partial charge on any atom is -0.462 e. The average molecular weight is 529 g/mol. The fourth-order valence-corrected chi connectivity index (χ4v) is 4.43. The second kappa shape index (κ2) is 25.2. The zero-order valence-corrected chi connectivity index (χ0v) is 25.3. The third-order valence-electron chi connectivity index (χ3n) is 6.67. The summed E-state index contributed by atoms with van der Waals surface area (Å²) in [6.45, 7) is 5.65. The summed E-state index contributed by atoms with van der Waals surface area (Å²) in [7, 11) is 6.42. The van der Waals surface area contributed by atoms with E-state index in [1.54, 1.807) is 0 Å². The van der Waals surface area contributed by atoms with E-state index in [-0.39, 0.29) is 25.2 Å². The number of quaternary nitrogens is 1. The Morgan fingerprint density at radius 1 is 0.649 bits per heavy atom. The molecule has 0 aliphatic carbocycles. The first-order chi connectivity index (χ1) is 17.7. The zero-order valence-electron chi connectivity index (χ0n) is 25.3. The van der Waals surface area contributed by atoms with Crippen molar-refractivity contribution in [2.45, 2.75) is 142 Å². The van der Waals surface area contributed by atoms with Crippen LogP contribution in [0.2, 0.25) is 0 Å². The Bertz CT molecular complexity index is 532. The molecule has 0 spiro atoms. The average Bonchev–Trinajstić information content (AvgIpc) is 2.83. The monoisotopic (exact) mass is 528 g/mol. The number of unbranched alkanes of at least 4 members (excludes halogenated alkanes) is 16. The molecule has 0 heterocycles. The molecule has 0 aliphatic heterocycles. The van der Waals surface area contributed by atoms with E-state index in [0.717, 1.165) is 30.3 Å². The maximum absolute atomic E-state index is 12.0. The molecule has 0 aliphatic rings. The SMILES string of the molecule is CCCCCCCCCCCCCCCCCCOC[C@@H](COC(=O)CCCC[N+](C)(C)C)OC(C)=O. The van der Waals surface area contributed by atoms with Gasteiger partial charge in [0.2, 0.25) is 0 Å². The van der Waals surface area contributed by atoms with Crippen LogP contribution in [0.4, 0.5) is 0 Å². The van der Waals surface area contributed by atoms with Gasteiger partial charge >= 0.3 is 11.9 Å². The highest BCUT2D eigenvalue weighted by atomic mass is 16.6. The molecule has 0 unspecified atom stereocenters. The highest BCUT2D eigenvalue weighted by Gasteiger charge is 2.16. The first-order valence-electron chi connectivity index (χ1n) is 15.5. The van der Waals surface area contributed by atoms with Crippen molar-refractivity contribution in [3.05, 3.63) is 0 Å². The summed E-state index contributed by atoms with van der Waals surface area (Å²) in [6.07, 6.45) is 23.2. The van der Waals surface area contributed by atoms with Gasteiger partial charge in [0.05, 0.1) is 34.3 Å². The van der Waals surface area contributed by atoms with Crippen LogP contribution in [0.3, 0.4) is 0 Å². The molecule has 0 rings (SSSR count). The van der Waals surface area contributed by atoms with Gasteiger partial charge < -0.3 is 18.7 Å². The van der Waals surface area contributed by atoms with E-state index in [2.05, 4.69) is 28.1 Å². The van der Waals surface area contributed by atoms with Gasteiger partial charge in [-0.15, -0.1) is 0 Å². The summed E-state index contributed by atoms with van der Waals surface area (Å²) < 4.78 is 17.2. The van der Waals surface area contributed by atoms with Gasteiger partial charge in [-0.05, 0) is 19.3 Å². The quantitative estimate of drug-likeness (QED) is 0.0623. The van der Waals surface area contributed by atoms with Crippen molar-refractivity contribution in [1.82, 2.24) is 0 Å². The largest absolute Gasteiger partial charge is 0.462 e. The van der Waals surface area contributed by atoms with E-state index in [1.807, 2.05) is 0 Å². The molecule has 0 N–H and O–H groups in total. The number of rotatable bonds is 27. The lowest BCUT2D eigenvalue weighted by molar-refractivity contribution is -0.870. The molecule has 0 fully saturated rings. The third kappa shape index (κ3) is 29.3. The number of carbonyl (C=O) groups is 2. The Morgan fingerprint density at radius 2 is 1.14 bits per heavy atom. The Morgan fingerprint density at radius 3 is 1.59 bits per heavy atom. The predicted molar refractivity (Wildman–Crippen MR) is 154 cm³/mol. The van der Waals surface area contributed by atoms with Crippen LogP contribution in [-0.2, 0) is 23.8 Å². The van der Waals surface area contributed by atoms with Crippen molar-refractivity contribution in [3.8, 4) is 0 Å². The minimum absolute atomic E-state index is 0.0622. The molecule has 0 radical (unpaired) electrons. The Hall–Kier alpha value is -1.14. The molecule has 6 heteroatoms. The van der Waals surface area contributed by atoms with Gasteiger partial charge in [0.25, 0.3) is 0 Å². The molecule has 0 amide bonds. The van der Waals surface area contributed by atoms with Crippen molar-refractivity contribution in [2.75, 3.05) is 47.5 Å². The van der Waals surface area contributed by atoms with Gasteiger partial charge in [-0.1, -0.05) is 103 Å². The number of carbonyl (C=O) groups excluding carboxylic acids is 2. The summed E-state index contributed by atoms with van der Waals surface area (Å²) in [5.41, 5.74) is 0. The summed E-state index contributed by atoms with van der Waals surface area (Å²) in [6, 6.07) is 0. The van der Waals surface area contributed by atoms with Gasteiger partial charge in [0.1, 0.15) is 6.61 Å². The fraction of sp³-hybridized carbons (Fsp3) is 0.935. The summed E-state index contributed by atoms with van der Waals surface area (Å²) >= 11 is 0. The van der Waals surface area contributed by atoms with Crippen LogP contribution in [-0.4, -0.2) is 70.0 Å². The number of hydrogen-bond donors (Lipinski definition) is 0. The van der Waals surface area contributed by atoms with Crippen LogP contribution in [0.25, 0.3) is 0 Å². The Balaban J connectivity index is 3.60. The molecular weight excluding hydrogens is 466 g/mol. The summed E-state index contributed by atoms with van der Waals surface area (Å²) in [4.78, 5) is 23.4. The van der Waals surface area contributed by atoms with Gasteiger partial charge in [-0.25, -0.2) is 0 Å². The van der Waals surface area contributed by atoms with Crippen LogP contribution >= 0.6 is 0 Å². The number of ether oxygens (including phenoxy) is 3. The van der Waals surface area contributed by atoms with Crippen LogP contribution in [0.5, 0.6) is 0 Å². The molecule has 0 saturated heterocycles. The second-order valence-corrected chi connectivity index (χ2v) is 11.8. The zero-order chi connectivity index (χ0) is 27.6. The third-order valence-corrected chi connectivity index (χ3v) is 6.67. The highest BCUT2D eigenvalue weighted by Crippen LogP contribution is 2.14. The maximum atomic E-state index is 12.0. The van der Waals surface area contributed by atoms with Gasteiger partial charge in [0, 0.05) is 20.0 Å². The second-order valence-electron chi connectivity index (χ2n) is 11.8. The molecule has 0 aromatic carbocycles. The molecule has 0 saturated carbocycles. The van der Waals surface area contributed by atoms with Crippen LogP contribution in [0, 0.1) is 0 Å². The van der Waals surface area contributed by atoms with E-state index in [4.69, 9.17) is 14.2 Å². The van der Waals surface area contributed by atoms with E-state index in [9.17, 15) is 9.59 Å². The molecule has 0 aromatic rings. The van der Waals surface area contributed by atoms with Gasteiger partial charge in [-0.3, -0.25) is 9.59 Å².